The summed E-state index contributed by atoms with van der Waals surface area (Å²) >= 11 is 6.03. The van der Waals surface area contributed by atoms with Gasteiger partial charge < -0.3 is 19.5 Å². The minimum Gasteiger partial charge on any atom is -0.381 e. The van der Waals surface area contributed by atoms with Crippen molar-refractivity contribution in [3.63, 3.8) is 0 Å². The fourth-order valence-electron chi connectivity index (χ4n) is 2.61. The number of aryl methyl sites for hydroxylation is 1. The minimum atomic E-state index is 0. The highest BCUT2D eigenvalue weighted by Crippen LogP contribution is 2.15. The van der Waals surface area contributed by atoms with Crippen molar-refractivity contribution in [1.82, 2.24) is 14.8 Å². The smallest absolute Gasteiger partial charge is 0.193 e. The maximum absolute atomic E-state index is 6.03. The maximum atomic E-state index is 6.03. The van der Waals surface area contributed by atoms with E-state index in [0.717, 1.165) is 55.8 Å². The molecule has 1 N–H and O–H groups in total. The fourth-order valence-corrected chi connectivity index (χ4v) is 2.88. The van der Waals surface area contributed by atoms with Gasteiger partial charge in [-0.1, -0.05) is 11.6 Å². The summed E-state index contributed by atoms with van der Waals surface area (Å²) in [5.41, 5.74) is 1.16. The van der Waals surface area contributed by atoms with Crippen LogP contribution in [0.25, 0.3) is 0 Å². The molecule has 1 saturated heterocycles. The van der Waals surface area contributed by atoms with Gasteiger partial charge in [0.25, 0.3) is 0 Å². The van der Waals surface area contributed by atoms with Gasteiger partial charge in [0.15, 0.2) is 5.96 Å². The predicted octanol–water partition coefficient (Wildman–Crippen LogP) is 2.73. The van der Waals surface area contributed by atoms with E-state index >= 15 is 0 Å². The van der Waals surface area contributed by atoms with E-state index < -0.39 is 0 Å². The number of aromatic nitrogens is 1. The number of hydrogen-bond donors (Lipinski definition) is 1. The van der Waals surface area contributed by atoms with E-state index in [0.29, 0.717) is 5.92 Å². The van der Waals surface area contributed by atoms with E-state index in [-0.39, 0.29) is 24.0 Å². The van der Waals surface area contributed by atoms with Crippen LogP contribution in [-0.2, 0) is 18.3 Å². The Balaban J connectivity index is 0.00000242. The van der Waals surface area contributed by atoms with Crippen LogP contribution in [0.3, 0.4) is 0 Å². The molecule has 0 saturated carbocycles. The molecular formula is C15H26ClIN4O. The second kappa shape index (κ2) is 9.62. The molecule has 1 aliphatic rings. The quantitative estimate of drug-likeness (QED) is 0.445. The van der Waals surface area contributed by atoms with E-state index in [1.165, 1.54) is 0 Å². The van der Waals surface area contributed by atoms with Gasteiger partial charge in [-0.15, -0.1) is 24.0 Å². The van der Waals surface area contributed by atoms with E-state index in [2.05, 4.69) is 15.2 Å². The van der Waals surface area contributed by atoms with Gasteiger partial charge in [0.05, 0.1) is 11.6 Å². The predicted molar refractivity (Wildman–Crippen MR) is 102 cm³/mol. The average Bonchev–Trinajstić information content (AvgIpc) is 2.78. The number of guanidine groups is 1. The zero-order valence-electron chi connectivity index (χ0n) is 13.5. The Hall–Kier alpha value is -0.470. The number of nitrogens with one attached hydrogen (secondary N) is 1. The van der Waals surface area contributed by atoms with E-state index in [9.17, 15) is 0 Å². The topological polar surface area (TPSA) is 41.8 Å². The number of rotatable bonds is 4. The lowest BCUT2D eigenvalue weighted by molar-refractivity contribution is 0.0674. The summed E-state index contributed by atoms with van der Waals surface area (Å²) in [4.78, 5) is 6.48. The standard InChI is InChI=1S/C15H25ClN4O.HI/c1-17-15(18-9-12-4-6-21-7-5-12)20(3)11-14-8-13(16)10-19(14)2;/h8,10,12H,4-7,9,11H2,1-3H3,(H,17,18);1H. The molecule has 0 bridgehead atoms. The summed E-state index contributed by atoms with van der Waals surface area (Å²) in [5, 5.41) is 4.23. The van der Waals surface area contributed by atoms with Crippen LogP contribution in [0.1, 0.15) is 18.5 Å². The van der Waals surface area contributed by atoms with Gasteiger partial charge in [0.2, 0.25) is 0 Å². The van der Waals surface area contributed by atoms with Crippen molar-refractivity contribution in [2.24, 2.45) is 18.0 Å². The highest BCUT2D eigenvalue weighted by atomic mass is 127. The number of halogens is 2. The Kier molecular flexibility index (Phi) is 8.56. The number of ether oxygens (including phenoxy) is 1. The first-order valence-corrected chi connectivity index (χ1v) is 7.78. The van der Waals surface area contributed by atoms with Crippen molar-refractivity contribution in [2.45, 2.75) is 19.4 Å². The van der Waals surface area contributed by atoms with Gasteiger partial charge in [0.1, 0.15) is 0 Å². The Morgan fingerprint density at radius 2 is 2.18 bits per heavy atom. The van der Waals surface area contributed by atoms with Crippen LogP contribution in [0.5, 0.6) is 0 Å². The molecular weight excluding hydrogens is 415 g/mol. The molecule has 0 radical (unpaired) electrons. The fraction of sp³-hybridized carbons (Fsp3) is 0.667. The Morgan fingerprint density at radius 1 is 1.50 bits per heavy atom. The van der Waals surface area contributed by atoms with E-state index in [1.807, 2.05) is 38.0 Å². The van der Waals surface area contributed by atoms with Crippen LogP contribution in [0.2, 0.25) is 5.02 Å². The lowest BCUT2D eigenvalue weighted by atomic mass is 10.0. The summed E-state index contributed by atoms with van der Waals surface area (Å²) in [6, 6.07) is 1.99. The third-order valence-corrected chi connectivity index (χ3v) is 4.14. The second-order valence-electron chi connectivity index (χ2n) is 5.60. The Morgan fingerprint density at radius 3 is 2.73 bits per heavy atom. The van der Waals surface area contributed by atoms with Crippen LogP contribution < -0.4 is 5.32 Å². The summed E-state index contributed by atoms with van der Waals surface area (Å²) in [5.74, 6) is 1.59. The van der Waals surface area contributed by atoms with Gasteiger partial charge >= 0.3 is 0 Å². The van der Waals surface area contributed by atoms with Crippen molar-refractivity contribution < 1.29 is 4.74 Å². The monoisotopic (exact) mass is 440 g/mol. The van der Waals surface area contributed by atoms with Crippen molar-refractivity contribution in [3.05, 3.63) is 23.0 Å². The minimum absolute atomic E-state index is 0. The zero-order valence-corrected chi connectivity index (χ0v) is 16.6. The molecule has 126 valence electrons. The molecule has 1 aromatic heterocycles. The molecule has 0 unspecified atom stereocenters. The maximum Gasteiger partial charge on any atom is 0.193 e. The summed E-state index contributed by atoms with van der Waals surface area (Å²) in [6.07, 6.45) is 4.17. The van der Waals surface area contributed by atoms with Crippen molar-refractivity contribution in [2.75, 3.05) is 33.9 Å². The van der Waals surface area contributed by atoms with Crippen LogP contribution >= 0.6 is 35.6 Å². The molecule has 0 aliphatic carbocycles. The summed E-state index contributed by atoms with van der Waals surface area (Å²) in [7, 11) is 5.87. The molecule has 0 aromatic carbocycles. The Bertz CT molecular complexity index is 486. The average molecular weight is 441 g/mol. The van der Waals surface area contributed by atoms with Gasteiger partial charge in [0, 0.05) is 52.8 Å². The van der Waals surface area contributed by atoms with Crippen molar-refractivity contribution in [3.8, 4) is 0 Å². The molecule has 2 rings (SSSR count). The molecule has 1 aromatic rings. The second-order valence-corrected chi connectivity index (χ2v) is 6.04. The van der Waals surface area contributed by atoms with Gasteiger partial charge in [-0.05, 0) is 24.8 Å². The highest BCUT2D eigenvalue weighted by Gasteiger charge is 2.15. The molecule has 2 heterocycles. The molecule has 5 nitrogen and oxygen atoms in total. The summed E-state index contributed by atoms with van der Waals surface area (Å²) in [6.45, 7) is 3.48. The normalized spacial score (nSPS) is 16.3. The summed E-state index contributed by atoms with van der Waals surface area (Å²) < 4.78 is 7.44. The molecule has 7 heteroatoms. The van der Waals surface area contributed by atoms with Crippen LogP contribution in [-0.4, -0.2) is 49.3 Å². The largest absolute Gasteiger partial charge is 0.381 e. The third kappa shape index (κ3) is 5.62. The molecule has 1 fully saturated rings. The Labute approximate surface area is 155 Å². The molecule has 22 heavy (non-hydrogen) atoms. The van der Waals surface area contributed by atoms with Crippen molar-refractivity contribution in [1.29, 1.82) is 0 Å². The lowest BCUT2D eigenvalue weighted by Gasteiger charge is -2.26. The lowest BCUT2D eigenvalue weighted by Crippen LogP contribution is -2.41. The number of aliphatic imine (C=N–C) groups is 1. The van der Waals surface area contributed by atoms with E-state index in [1.54, 1.807) is 0 Å². The first-order chi connectivity index (χ1) is 10.1. The zero-order chi connectivity index (χ0) is 15.2. The molecule has 0 spiro atoms. The van der Waals surface area contributed by atoms with Gasteiger partial charge in [-0.25, -0.2) is 0 Å². The first kappa shape index (κ1) is 19.6. The van der Waals surface area contributed by atoms with Crippen LogP contribution in [0, 0.1) is 5.92 Å². The number of hydrogen-bond acceptors (Lipinski definition) is 2. The number of nitrogens with zero attached hydrogens (tertiary/aromatic N) is 3. The SMILES string of the molecule is CN=C(NCC1CCOCC1)N(C)Cc1cc(Cl)cn1C.I. The molecule has 0 atom stereocenters. The van der Waals surface area contributed by atoms with E-state index in [4.69, 9.17) is 16.3 Å². The highest BCUT2D eigenvalue weighted by molar-refractivity contribution is 14.0. The molecule has 0 amide bonds. The van der Waals surface area contributed by atoms with Crippen LogP contribution in [0.4, 0.5) is 0 Å². The van der Waals surface area contributed by atoms with Gasteiger partial charge in [-0.3, -0.25) is 4.99 Å². The molecule has 1 aliphatic heterocycles. The van der Waals surface area contributed by atoms with Crippen molar-refractivity contribution >= 4 is 41.5 Å². The third-order valence-electron chi connectivity index (χ3n) is 3.94. The van der Waals surface area contributed by atoms with Gasteiger partial charge in [-0.2, -0.15) is 0 Å². The first-order valence-electron chi connectivity index (χ1n) is 7.40. The van der Waals surface area contributed by atoms with Crippen LogP contribution in [0.15, 0.2) is 17.3 Å².